The van der Waals surface area contributed by atoms with Gasteiger partial charge in [0, 0.05) is 37.2 Å². The molecule has 0 saturated carbocycles. The van der Waals surface area contributed by atoms with Gasteiger partial charge in [0.1, 0.15) is 0 Å². The first-order valence-electron chi connectivity index (χ1n) is 8.12. The molecule has 2 aromatic rings. The molecule has 1 atom stereocenters. The van der Waals surface area contributed by atoms with Crippen molar-refractivity contribution in [3.8, 4) is 0 Å². The Hall–Kier alpha value is -1.88. The highest BCUT2D eigenvalue weighted by Crippen LogP contribution is 2.28. The Morgan fingerprint density at radius 1 is 1.41 bits per heavy atom. The van der Waals surface area contributed by atoms with Crippen LogP contribution in [-0.4, -0.2) is 38.8 Å². The molecule has 3 rings (SSSR count). The van der Waals surface area contributed by atoms with E-state index in [2.05, 4.69) is 21.9 Å². The maximum absolute atomic E-state index is 11.4. The van der Waals surface area contributed by atoms with Gasteiger partial charge in [0.25, 0.3) is 0 Å². The van der Waals surface area contributed by atoms with Gasteiger partial charge < -0.3 is 9.88 Å². The van der Waals surface area contributed by atoms with E-state index in [1.807, 2.05) is 29.2 Å². The van der Waals surface area contributed by atoms with Gasteiger partial charge in [0.05, 0.1) is 0 Å². The Morgan fingerprint density at radius 3 is 2.91 bits per heavy atom. The number of aromatic amines is 1. The minimum atomic E-state index is 0.00696. The lowest BCUT2D eigenvalue weighted by molar-refractivity contribution is 0.150. The molecule has 0 radical (unpaired) electrons. The van der Waals surface area contributed by atoms with Gasteiger partial charge in [-0.25, -0.2) is 0 Å². The van der Waals surface area contributed by atoms with Gasteiger partial charge in [-0.05, 0) is 62.9 Å². The van der Waals surface area contributed by atoms with Crippen LogP contribution in [0.2, 0.25) is 0 Å². The predicted octanol–water partition coefficient (Wildman–Crippen LogP) is 2.23. The number of aromatic nitrogens is 3. The number of hydrogen-bond donors (Lipinski definition) is 1. The Bertz CT molecular complexity index is 626. The summed E-state index contributed by atoms with van der Waals surface area (Å²) in [4.78, 5) is 16.7. The largest absolute Gasteiger partial charge is 0.329 e. The van der Waals surface area contributed by atoms with E-state index in [9.17, 15) is 4.79 Å². The van der Waals surface area contributed by atoms with Crippen LogP contribution >= 0.6 is 0 Å². The topological polar surface area (TPSA) is 53.9 Å². The highest BCUT2D eigenvalue weighted by atomic mass is 16.1. The third kappa shape index (κ3) is 3.65. The first-order valence-corrected chi connectivity index (χ1v) is 8.12. The Balaban J connectivity index is 1.49. The summed E-state index contributed by atoms with van der Waals surface area (Å²) < 4.78 is 2.00. The van der Waals surface area contributed by atoms with E-state index in [4.69, 9.17) is 0 Å². The lowest BCUT2D eigenvalue weighted by Gasteiger charge is -2.36. The van der Waals surface area contributed by atoms with E-state index in [-0.39, 0.29) is 5.56 Å². The van der Waals surface area contributed by atoms with Crippen molar-refractivity contribution in [2.75, 3.05) is 13.1 Å². The molecule has 1 aliphatic rings. The van der Waals surface area contributed by atoms with Crippen molar-refractivity contribution in [1.82, 2.24) is 19.7 Å². The molecule has 1 N–H and O–H groups in total. The molecular formula is C17H24N4O. The van der Waals surface area contributed by atoms with Gasteiger partial charge in [0.15, 0.2) is 0 Å². The molecule has 0 aromatic carbocycles. The molecule has 5 heteroatoms. The number of piperidine rings is 1. The quantitative estimate of drug-likeness (QED) is 0.921. The molecule has 1 saturated heterocycles. The number of nitrogens with zero attached hydrogens (tertiary/aromatic N) is 3. The van der Waals surface area contributed by atoms with E-state index in [0.29, 0.717) is 12.0 Å². The van der Waals surface area contributed by atoms with Crippen LogP contribution in [0.5, 0.6) is 0 Å². The fourth-order valence-electron chi connectivity index (χ4n) is 3.32. The summed E-state index contributed by atoms with van der Waals surface area (Å²) in [6.07, 6.45) is 9.00. The van der Waals surface area contributed by atoms with Crippen LogP contribution in [0.4, 0.5) is 0 Å². The lowest BCUT2D eigenvalue weighted by Crippen LogP contribution is -2.40. The number of pyridine rings is 1. The van der Waals surface area contributed by atoms with Gasteiger partial charge >= 0.3 is 0 Å². The van der Waals surface area contributed by atoms with Crippen molar-refractivity contribution >= 4 is 0 Å². The fraction of sp³-hybridized carbons (Fsp3) is 0.529. The molecule has 0 spiro atoms. The Labute approximate surface area is 131 Å². The fourth-order valence-corrected chi connectivity index (χ4v) is 3.32. The summed E-state index contributed by atoms with van der Waals surface area (Å²) >= 11 is 0. The van der Waals surface area contributed by atoms with Gasteiger partial charge in [-0.1, -0.05) is 0 Å². The van der Waals surface area contributed by atoms with Crippen LogP contribution in [0.3, 0.4) is 0 Å². The van der Waals surface area contributed by atoms with Crippen LogP contribution in [0.25, 0.3) is 0 Å². The third-order valence-corrected chi connectivity index (χ3v) is 4.76. The van der Waals surface area contributed by atoms with Crippen LogP contribution in [0.15, 0.2) is 41.6 Å². The summed E-state index contributed by atoms with van der Waals surface area (Å²) in [7, 11) is 0. The maximum atomic E-state index is 11.4. The van der Waals surface area contributed by atoms with Crippen molar-refractivity contribution in [3.63, 3.8) is 0 Å². The van der Waals surface area contributed by atoms with E-state index < -0.39 is 0 Å². The van der Waals surface area contributed by atoms with Crippen LogP contribution in [0, 0.1) is 0 Å². The van der Waals surface area contributed by atoms with E-state index >= 15 is 0 Å². The van der Waals surface area contributed by atoms with Crippen LogP contribution < -0.4 is 5.56 Å². The SMILES string of the molecule is CC(CCn1cccn1)N1CCC(c2cc[nH]c(=O)c2)CC1. The zero-order chi connectivity index (χ0) is 15.4. The summed E-state index contributed by atoms with van der Waals surface area (Å²) in [5, 5.41) is 4.26. The highest BCUT2D eigenvalue weighted by molar-refractivity contribution is 5.16. The van der Waals surface area contributed by atoms with Crippen molar-refractivity contribution < 1.29 is 0 Å². The molecule has 1 aliphatic heterocycles. The molecular weight excluding hydrogens is 276 g/mol. The summed E-state index contributed by atoms with van der Waals surface area (Å²) in [5.41, 5.74) is 1.19. The molecule has 1 unspecified atom stereocenters. The number of H-pyrrole nitrogens is 1. The standard InChI is InChI=1S/C17H24N4O/c1-14(4-12-21-9-2-7-19-21)20-10-5-15(6-11-20)16-3-8-18-17(22)13-16/h2-3,7-9,13-15H,4-6,10-12H2,1H3,(H,18,22). The first-order chi connectivity index (χ1) is 10.7. The van der Waals surface area contributed by atoms with E-state index in [1.54, 1.807) is 12.3 Å². The monoisotopic (exact) mass is 300 g/mol. The second-order valence-corrected chi connectivity index (χ2v) is 6.20. The molecule has 5 nitrogen and oxygen atoms in total. The van der Waals surface area contributed by atoms with Crippen molar-refractivity contribution in [1.29, 1.82) is 0 Å². The Morgan fingerprint density at radius 2 is 2.23 bits per heavy atom. The maximum Gasteiger partial charge on any atom is 0.248 e. The summed E-state index contributed by atoms with van der Waals surface area (Å²) in [6.45, 7) is 5.49. The normalized spacial score (nSPS) is 18.4. The molecule has 1 fully saturated rings. The first kappa shape index (κ1) is 15.0. The zero-order valence-corrected chi connectivity index (χ0v) is 13.1. The lowest BCUT2D eigenvalue weighted by atomic mass is 9.89. The van der Waals surface area contributed by atoms with Gasteiger partial charge in [-0.3, -0.25) is 9.48 Å². The highest BCUT2D eigenvalue weighted by Gasteiger charge is 2.23. The van der Waals surface area contributed by atoms with Gasteiger partial charge in [0.2, 0.25) is 5.56 Å². The van der Waals surface area contributed by atoms with Crippen molar-refractivity contribution in [2.24, 2.45) is 0 Å². The van der Waals surface area contributed by atoms with E-state index in [1.165, 1.54) is 5.56 Å². The van der Waals surface area contributed by atoms with Gasteiger partial charge in [-0.2, -0.15) is 5.10 Å². The van der Waals surface area contributed by atoms with Crippen LogP contribution in [0.1, 0.15) is 37.7 Å². The molecule has 0 aliphatic carbocycles. The minimum Gasteiger partial charge on any atom is -0.329 e. The number of likely N-dealkylation sites (tertiary alicyclic amines) is 1. The summed E-state index contributed by atoms with van der Waals surface area (Å²) in [6, 6.07) is 6.34. The zero-order valence-electron chi connectivity index (χ0n) is 13.1. The van der Waals surface area contributed by atoms with E-state index in [0.717, 1.165) is 38.9 Å². The molecule has 3 heterocycles. The molecule has 118 valence electrons. The second kappa shape index (κ2) is 6.92. The van der Waals surface area contributed by atoms with Crippen molar-refractivity contribution in [2.45, 2.75) is 44.7 Å². The summed E-state index contributed by atoms with van der Waals surface area (Å²) in [5.74, 6) is 0.525. The minimum absolute atomic E-state index is 0.00696. The average molecular weight is 300 g/mol. The average Bonchev–Trinajstić information content (AvgIpc) is 3.06. The molecule has 0 bridgehead atoms. The Kier molecular flexibility index (Phi) is 4.73. The molecule has 0 amide bonds. The number of aryl methyl sites for hydroxylation is 1. The van der Waals surface area contributed by atoms with Crippen LogP contribution in [-0.2, 0) is 6.54 Å². The molecule has 22 heavy (non-hydrogen) atoms. The second-order valence-electron chi connectivity index (χ2n) is 6.20. The number of hydrogen-bond acceptors (Lipinski definition) is 3. The number of rotatable bonds is 5. The number of nitrogens with one attached hydrogen (secondary N) is 1. The smallest absolute Gasteiger partial charge is 0.248 e. The van der Waals surface area contributed by atoms with Gasteiger partial charge in [-0.15, -0.1) is 0 Å². The third-order valence-electron chi connectivity index (χ3n) is 4.76. The molecule has 2 aromatic heterocycles. The predicted molar refractivity (Wildman–Crippen MR) is 86.9 cm³/mol. The van der Waals surface area contributed by atoms with Crippen molar-refractivity contribution in [3.05, 3.63) is 52.7 Å².